The van der Waals surface area contributed by atoms with Gasteiger partial charge in [0.05, 0.1) is 11.8 Å². The highest BCUT2D eigenvalue weighted by Gasteiger charge is 2.14. The zero-order valence-corrected chi connectivity index (χ0v) is 11.7. The average molecular weight is 282 g/mol. The molecule has 0 unspecified atom stereocenters. The number of hydrogen-bond acceptors (Lipinski definition) is 4. The molecule has 3 rings (SSSR count). The van der Waals surface area contributed by atoms with E-state index in [-0.39, 0.29) is 11.9 Å². The lowest BCUT2D eigenvalue weighted by atomic mass is 10.1. The molecule has 1 amide bonds. The molecule has 1 aromatic carbocycles. The number of rotatable bonds is 3. The van der Waals surface area contributed by atoms with Gasteiger partial charge in [0.1, 0.15) is 5.76 Å². The number of carbonyl (C=O) groups excluding carboxylic acids is 1. The molecule has 0 radical (unpaired) electrons. The zero-order chi connectivity index (χ0) is 14.8. The van der Waals surface area contributed by atoms with E-state index in [0.29, 0.717) is 17.1 Å². The van der Waals surface area contributed by atoms with E-state index < -0.39 is 0 Å². The fraction of sp³-hybridized carbons (Fsp3) is 0.133. The van der Waals surface area contributed by atoms with Crippen molar-refractivity contribution in [3.63, 3.8) is 0 Å². The Morgan fingerprint density at radius 1 is 1.19 bits per heavy atom. The maximum atomic E-state index is 12.0. The van der Waals surface area contributed by atoms with Crippen molar-refractivity contribution in [1.82, 2.24) is 15.2 Å². The van der Waals surface area contributed by atoms with Gasteiger partial charge in [-0.3, -0.25) is 15.2 Å². The summed E-state index contributed by atoms with van der Waals surface area (Å²) in [6.45, 7) is 3.74. The van der Waals surface area contributed by atoms with Crippen LogP contribution in [0.4, 0.5) is 5.95 Å². The van der Waals surface area contributed by atoms with Gasteiger partial charge in [-0.15, -0.1) is 5.10 Å². The second kappa shape index (κ2) is 5.24. The Balaban J connectivity index is 1.78. The van der Waals surface area contributed by atoms with Crippen molar-refractivity contribution in [1.29, 1.82) is 0 Å². The van der Waals surface area contributed by atoms with Crippen molar-refractivity contribution < 1.29 is 9.21 Å². The zero-order valence-electron chi connectivity index (χ0n) is 11.7. The maximum absolute atomic E-state index is 12.0. The van der Waals surface area contributed by atoms with Crippen LogP contribution >= 0.6 is 0 Å². The monoisotopic (exact) mass is 282 g/mol. The topological polar surface area (TPSA) is 83.8 Å². The molecule has 2 aromatic heterocycles. The average Bonchev–Trinajstić information content (AvgIpc) is 3.09. The highest BCUT2D eigenvalue weighted by molar-refractivity contribution is 6.04. The standard InChI is InChI=1S/C15H14N4O2/c1-9-3-5-11(6-4-9)13-16-15(19-18-13)17-14(20)12-7-8-21-10(12)2/h3-8H,1-2H3,(H2,16,17,18,19,20). The summed E-state index contributed by atoms with van der Waals surface area (Å²) in [5, 5.41) is 9.44. The number of hydrogen-bond donors (Lipinski definition) is 2. The van der Waals surface area contributed by atoms with Gasteiger partial charge < -0.3 is 4.42 Å². The van der Waals surface area contributed by atoms with Gasteiger partial charge >= 0.3 is 0 Å². The molecule has 0 spiro atoms. The van der Waals surface area contributed by atoms with E-state index in [0.717, 1.165) is 5.56 Å². The highest BCUT2D eigenvalue weighted by atomic mass is 16.3. The molecule has 0 atom stereocenters. The number of benzene rings is 1. The SMILES string of the molecule is Cc1ccc(-c2nc(NC(=O)c3ccoc3C)n[nH]2)cc1. The van der Waals surface area contributed by atoms with Gasteiger partial charge in [-0.25, -0.2) is 0 Å². The lowest BCUT2D eigenvalue weighted by Crippen LogP contribution is -2.13. The van der Waals surface area contributed by atoms with Crippen molar-refractivity contribution in [2.24, 2.45) is 0 Å². The molecule has 0 aliphatic rings. The van der Waals surface area contributed by atoms with Crippen molar-refractivity contribution >= 4 is 11.9 Å². The molecule has 0 aliphatic carbocycles. The first-order chi connectivity index (χ1) is 10.1. The summed E-state index contributed by atoms with van der Waals surface area (Å²) in [7, 11) is 0. The molecule has 3 aromatic rings. The van der Waals surface area contributed by atoms with Gasteiger partial charge in [0, 0.05) is 5.56 Å². The fourth-order valence-corrected chi connectivity index (χ4v) is 1.95. The lowest BCUT2D eigenvalue weighted by Gasteiger charge is -1.98. The molecule has 106 valence electrons. The Labute approximate surface area is 121 Å². The molecular formula is C15H14N4O2. The van der Waals surface area contributed by atoms with E-state index in [2.05, 4.69) is 20.5 Å². The van der Waals surface area contributed by atoms with Crippen molar-refractivity contribution in [3.05, 3.63) is 53.5 Å². The number of amides is 1. The third-order valence-electron chi connectivity index (χ3n) is 3.14. The molecule has 0 bridgehead atoms. The molecule has 6 heteroatoms. The number of aromatic amines is 1. The number of nitrogens with one attached hydrogen (secondary N) is 2. The molecule has 0 saturated heterocycles. The Morgan fingerprint density at radius 2 is 1.95 bits per heavy atom. The summed E-state index contributed by atoms with van der Waals surface area (Å²) >= 11 is 0. The van der Waals surface area contributed by atoms with Gasteiger partial charge in [-0.1, -0.05) is 29.8 Å². The molecule has 2 N–H and O–H groups in total. The van der Waals surface area contributed by atoms with Crippen LogP contribution < -0.4 is 5.32 Å². The fourth-order valence-electron chi connectivity index (χ4n) is 1.95. The van der Waals surface area contributed by atoms with Gasteiger partial charge in [0.2, 0.25) is 5.95 Å². The molecular weight excluding hydrogens is 268 g/mol. The first-order valence-corrected chi connectivity index (χ1v) is 6.48. The second-order valence-corrected chi connectivity index (χ2v) is 4.72. The molecule has 0 fully saturated rings. The number of aromatic nitrogens is 3. The Kier molecular flexibility index (Phi) is 3.27. The third-order valence-corrected chi connectivity index (χ3v) is 3.14. The Morgan fingerprint density at radius 3 is 2.62 bits per heavy atom. The summed E-state index contributed by atoms with van der Waals surface area (Å²) in [5.74, 6) is 1.10. The van der Waals surface area contributed by atoms with Crippen LogP contribution in [-0.4, -0.2) is 21.1 Å². The van der Waals surface area contributed by atoms with Gasteiger partial charge in [-0.05, 0) is 19.9 Å². The number of H-pyrrole nitrogens is 1. The summed E-state index contributed by atoms with van der Waals surface area (Å²) in [5.41, 5.74) is 2.55. The predicted octanol–water partition coefficient (Wildman–Crippen LogP) is 2.93. The summed E-state index contributed by atoms with van der Waals surface area (Å²) in [4.78, 5) is 16.3. The van der Waals surface area contributed by atoms with Crippen molar-refractivity contribution in [2.45, 2.75) is 13.8 Å². The summed E-state index contributed by atoms with van der Waals surface area (Å²) in [6.07, 6.45) is 1.47. The van der Waals surface area contributed by atoms with E-state index in [1.807, 2.05) is 31.2 Å². The van der Waals surface area contributed by atoms with Crippen LogP contribution in [0.3, 0.4) is 0 Å². The minimum atomic E-state index is -0.296. The lowest BCUT2D eigenvalue weighted by molar-refractivity contribution is 0.102. The number of aryl methyl sites for hydroxylation is 2. The minimum Gasteiger partial charge on any atom is -0.469 e. The first-order valence-electron chi connectivity index (χ1n) is 6.48. The van der Waals surface area contributed by atoms with Gasteiger partial charge in [0.25, 0.3) is 5.91 Å². The minimum absolute atomic E-state index is 0.233. The van der Waals surface area contributed by atoms with Crippen LogP contribution in [0.15, 0.2) is 41.0 Å². The number of nitrogens with zero attached hydrogens (tertiary/aromatic N) is 2. The molecule has 21 heavy (non-hydrogen) atoms. The van der Waals surface area contributed by atoms with Crippen LogP contribution in [0.1, 0.15) is 21.7 Å². The normalized spacial score (nSPS) is 10.6. The quantitative estimate of drug-likeness (QED) is 0.773. The van der Waals surface area contributed by atoms with Crippen LogP contribution in [0.5, 0.6) is 0 Å². The van der Waals surface area contributed by atoms with Crippen LogP contribution in [-0.2, 0) is 0 Å². The molecule has 0 saturated carbocycles. The first kappa shape index (κ1) is 13.1. The van der Waals surface area contributed by atoms with Crippen molar-refractivity contribution in [3.8, 4) is 11.4 Å². The largest absolute Gasteiger partial charge is 0.469 e. The van der Waals surface area contributed by atoms with E-state index >= 15 is 0 Å². The van der Waals surface area contributed by atoms with Crippen molar-refractivity contribution in [2.75, 3.05) is 5.32 Å². The summed E-state index contributed by atoms with van der Waals surface area (Å²) < 4.78 is 5.10. The number of furan rings is 1. The van der Waals surface area contributed by atoms with E-state index in [1.54, 1.807) is 13.0 Å². The highest BCUT2D eigenvalue weighted by Crippen LogP contribution is 2.17. The third kappa shape index (κ3) is 2.69. The van der Waals surface area contributed by atoms with E-state index in [4.69, 9.17) is 4.42 Å². The van der Waals surface area contributed by atoms with Gasteiger partial charge in [0.15, 0.2) is 5.82 Å². The Bertz CT molecular complexity index is 771. The van der Waals surface area contributed by atoms with E-state index in [9.17, 15) is 4.79 Å². The van der Waals surface area contributed by atoms with Crippen LogP contribution in [0.25, 0.3) is 11.4 Å². The second-order valence-electron chi connectivity index (χ2n) is 4.72. The van der Waals surface area contributed by atoms with Gasteiger partial charge in [-0.2, -0.15) is 4.98 Å². The number of anilines is 1. The molecule has 2 heterocycles. The van der Waals surface area contributed by atoms with Crippen LogP contribution in [0, 0.1) is 13.8 Å². The summed E-state index contributed by atoms with van der Waals surface area (Å²) in [6, 6.07) is 9.48. The smallest absolute Gasteiger partial charge is 0.261 e. The number of carbonyl (C=O) groups is 1. The molecule has 6 nitrogen and oxygen atoms in total. The molecule has 0 aliphatic heterocycles. The predicted molar refractivity (Wildman–Crippen MR) is 78.0 cm³/mol. The Hall–Kier alpha value is -2.89. The van der Waals surface area contributed by atoms with Crippen LogP contribution in [0.2, 0.25) is 0 Å². The maximum Gasteiger partial charge on any atom is 0.261 e. The van der Waals surface area contributed by atoms with E-state index in [1.165, 1.54) is 11.8 Å².